The van der Waals surface area contributed by atoms with Crippen LogP contribution in [-0.2, 0) is 4.79 Å². The Labute approximate surface area is 97.4 Å². The Bertz CT molecular complexity index is 308. The van der Waals surface area contributed by atoms with Crippen LogP contribution in [0.1, 0.15) is 24.8 Å². The van der Waals surface area contributed by atoms with Crippen LogP contribution in [0.4, 0.5) is 0 Å². The SMILES string of the molecule is CCC(C(=O)SC)c1ccc(Br)cc1. The molecule has 1 atom stereocenters. The predicted molar refractivity (Wildman–Crippen MR) is 65.7 cm³/mol. The first-order valence-electron chi connectivity index (χ1n) is 4.52. The van der Waals surface area contributed by atoms with Crippen molar-refractivity contribution in [3.8, 4) is 0 Å². The highest BCUT2D eigenvalue weighted by atomic mass is 79.9. The fraction of sp³-hybridized carbons (Fsp3) is 0.364. The lowest BCUT2D eigenvalue weighted by Crippen LogP contribution is -2.07. The third-order valence-corrected chi connectivity index (χ3v) is 3.38. The zero-order valence-electron chi connectivity index (χ0n) is 8.29. The first-order chi connectivity index (χ1) is 6.69. The van der Waals surface area contributed by atoms with E-state index in [9.17, 15) is 4.79 Å². The molecule has 1 unspecified atom stereocenters. The van der Waals surface area contributed by atoms with Gasteiger partial charge >= 0.3 is 0 Å². The van der Waals surface area contributed by atoms with Crippen LogP contribution < -0.4 is 0 Å². The van der Waals surface area contributed by atoms with Crippen molar-refractivity contribution < 1.29 is 4.79 Å². The van der Waals surface area contributed by atoms with E-state index < -0.39 is 0 Å². The molecule has 0 saturated carbocycles. The minimum absolute atomic E-state index is 0.0399. The molecular weight excluding hydrogens is 260 g/mol. The van der Waals surface area contributed by atoms with Gasteiger partial charge in [-0.2, -0.15) is 0 Å². The van der Waals surface area contributed by atoms with Gasteiger partial charge in [0, 0.05) is 4.47 Å². The summed E-state index contributed by atoms with van der Waals surface area (Å²) in [5.41, 5.74) is 1.11. The lowest BCUT2D eigenvalue weighted by Gasteiger charge is -2.12. The number of hydrogen-bond donors (Lipinski definition) is 0. The Balaban J connectivity index is 2.89. The summed E-state index contributed by atoms with van der Waals surface area (Å²) in [6, 6.07) is 7.97. The topological polar surface area (TPSA) is 17.1 Å². The summed E-state index contributed by atoms with van der Waals surface area (Å²) in [7, 11) is 0. The number of benzene rings is 1. The molecule has 0 aliphatic heterocycles. The standard InChI is InChI=1S/C11H13BrOS/c1-3-10(11(13)14-2)8-4-6-9(12)7-5-8/h4-7,10H,3H2,1-2H3. The molecule has 0 N–H and O–H groups in total. The van der Waals surface area contributed by atoms with Crippen LogP contribution in [0.3, 0.4) is 0 Å². The van der Waals surface area contributed by atoms with Crippen molar-refractivity contribution in [2.45, 2.75) is 19.3 Å². The second kappa shape index (κ2) is 5.56. The molecule has 0 saturated heterocycles. The van der Waals surface area contributed by atoms with Gasteiger partial charge in [-0.3, -0.25) is 4.79 Å². The second-order valence-corrected chi connectivity index (χ2v) is 4.76. The maximum absolute atomic E-state index is 11.6. The van der Waals surface area contributed by atoms with Gasteiger partial charge in [0.1, 0.15) is 0 Å². The summed E-state index contributed by atoms with van der Waals surface area (Å²) in [4.78, 5) is 11.6. The van der Waals surface area contributed by atoms with E-state index in [2.05, 4.69) is 15.9 Å². The molecule has 3 heteroatoms. The quantitative estimate of drug-likeness (QED) is 0.832. The monoisotopic (exact) mass is 272 g/mol. The van der Waals surface area contributed by atoms with Crippen LogP contribution in [0.25, 0.3) is 0 Å². The Hall–Kier alpha value is -0.280. The van der Waals surface area contributed by atoms with Crippen LogP contribution in [0.5, 0.6) is 0 Å². The van der Waals surface area contributed by atoms with Gasteiger partial charge in [0.05, 0.1) is 5.92 Å². The molecule has 0 aliphatic carbocycles. The average molecular weight is 273 g/mol. The van der Waals surface area contributed by atoms with Crippen molar-refractivity contribution in [2.75, 3.05) is 6.26 Å². The van der Waals surface area contributed by atoms with E-state index in [1.54, 1.807) is 0 Å². The van der Waals surface area contributed by atoms with Crippen molar-refractivity contribution >= 4 is 32.8 Å². The zero-order valence-corrected chi connectivity index (χ0v) is 10.7. The van der Waals surface area contributed by atoms with Crippen LogP contribution >= 0.6 is 27.7 Å². The van der Waals surface area contributed by atoms with Gasteiger partial charge in [-0.25, -0.2) is 0 Å². The predicted octanol–water partition coefficient (Wildman–Crippen LogP) is 3.83. The van der Waals surface area contributed by atoms with Crippen molar-refractivity contribution in [3.05, 3.63) is 34.3 Å². The van der Waals surface area contributed by atoms with Crippen LogP contribution in [0, 0.1) is 0 Å². The number of rotatable bonds is 3. The van der Waals surface area contributed by atoms with E-state index in [0.29, 0.717) is 0 Å². The highest BCUT2D eigenvalue weighted by Gasteiger charge is 2.16. The molecule has 0 fully saturated rings. The summed E-state index contributed by atoms with van der Waals surface area (Å²) < 4.78 is 1.05. The molecule has 0 aromatic heterocycles. The summed E-state index contributed by atoms with van der Waals surface area (Å²) >= 11 is 4.69. The molecule has 0 aliphatic rings. The minimum Gasteiger partial charge on any atom is -0.287 e. The van der Waals surface area contributed by atoms with E-state index >= 15 is 0 Å². The molecular formula is C11H13BrOS. The fourth-order valence-electron chi connectivity index (χ4n) is 1.38. The minimum atomic E-state index is 0.0399. The molecule has 0 spiro atoms. The van der Waals surface area contributed by atoms with Gasteiger partial charge in [-0.05, 0) is 30.4 Å². The molecule has 14 heavy (non-hydrogen) atoms. The first kappa shape index (κ1) is 11.8. The highest BCUT2D eigenvalue weighted by molar-refractivity contribution is 9.10. The lowest BCUT2D eigenvalue weighted by atomic mass is 9.98. The zero-order chi connectivity index (χ0) is 10.6. The highest BCUT2D eigenvalue weighted by Crippen LogP contribution is 2.25. The molecule has 0 radical (unpaired) electrons. The van der Waals surface area contributed by atoms with Gasteiger partial charge in [0.2, 0.25) is 0 Å². The molecule has 1 aromatic rings. The molecule has 1 rings (SSSR count). The lowest BCUT2D eigenvalue weighted by molar-refractivity contribution is -0.112. The second-order valence-electron chi connectivity index (χ2n) is 3.04. The molecule has 76 valence electrons. The Morgan fingerprint density at radius 2 is 2.00 bits per heavy atom. The Morgan fingerprint density at radius 3 is 2.43 bits per heavy atom. The number of carbonyl (C=O) groups excluding carboxylic acids is 1. The van der Waals surface area contributed by atoms with Crippen LogP contribution in [0.2, 0.25) is 0 Å². The molecule has 1 nitrogen and oxygen atoms in total. The summed E-state index contributed by atoms with van der Waals surface area (Å²) in [5.74, 6) is 0.0399. The maximum atomic E-state index is 11.6. The summed E-state index contributed by atoms with van der Waals surface area (Å²) in [6.07, 6.45) is 2.70. The molecule has 1 aromatic carbocycles. The van der Waals surface area contributed by atoms with E-state index in [0.717, 1.165) is 16.5 Å². The number of thioether (sulfide) groups is 1. The van der Waals surface area contributed by atoms with E-state index in [4.69, 9.17) is 0 Å². The largest absolute Gasteiger partial charge is 0.287 e. The number of hydrogen-bond acceptors (Lipinski definition) is 2. The Morgan fingerprint density at radius 1 is 1.43 bits per heavy atom. The number of carbonyl (C=O) groups is 1. The van der Waals surface area contributed by atoms with Crippen molar-refractivity contribution in [1.29, 1.82) is 0 Å². The summed E-state index contributed by atoms with van der Waals surface area (Å²) in [6.45, 7) is 2.04. The van der Waals surface area contributed by atoms with E-state index in [-0.39, 0.29) is 11.0 Å². The van der Waals surface area contributed by atoms with Crippen molar-refractivity contribution in [3.63, 3.8) is 0 Å². The molecule has 0 heterocycles. The third-order valence-electron chi connectivity index (χ3n) is 2.17. The van der Waals surface area contributed by atoms with E-state index in [1.807, 2.05) is 37.4 Å². The smallest absolute Gasteiger partial charge is 0.196 e. The van der Waals surface area contributed by atoms with E-state index in [1.165, 1.54) is 11.8 Å². The third kappa shape index (κ3) is 2.85. The Kier molecular flexibility index (Phi) is 4.69. The normalized spacial score (nSPS) is 12.5. The fourth-order valence-corrected chi connectivity index (χ4v) is 2.23. The van der Waals surface area contributed by atoms with Gasteiger partial charge in [0.15, 0.2) is 5.12 Å². The molecule has 0 bridgehead atoms. The van der Waals surface area contributed by atoms with Gasteiger partial charge < -0.3 is 0 Å². The molecule has 0 amide bonds. The van der Waals surface area contributed by atoms with Crippen molar-refractivity contribution in [1.82, 2.24) is 0 Å². The first-order valence-corrected chi connectivity index (χ1v) is 6.54. The van der Waals surface area contributed by atoms with Crippen LogP contribution in [0.15, 0.2) is 28.7 Å². The maximum Gasteiger partial charge on any atom is 0.196 e. The van der Waals surface area contributed by atoms with Crippen molar-refractivity contribution in [2.24, 2.45) is 0 Å². The number of halogens is 1. The van der Waals surface area contributed by atoms with Crippen LogP contribution in [-0.4, -0.2) is 11.4 Å². The van der Waals surface area contributed by atoms with Gasteiger partial charge in [-0.15, -0.1) is 0 Å². The average Bonchev–Trinajstić information content (AvgIpc) is 2.21. The summed E-state index contributed by atoms with van der Waals surface area (Å²) in [5, 5.41) is 0.245. The van der Waals surface area contributed by atoms with Gasteiger partial charge in [0.25, 0.3) is 0 Å². The van der Waals surface area contributed by atoms with Gasteiger partial charge in [-0.1, -0.05) is 46.7 Å².